The van der Waals surface area contributed by atoms with E-state index in [2.05, 4.69) is 0 Å². The molecule has 0 aliphatic rings. The summed E-state index contributed by atoms with van der Waals surface area (Å²) in [6, 6.07) is 15.2. The van der Waals surface area contributed by atoms with Crippen molar-refractivity contribution in [1.29, 1.82) is 0 Å². The Kier molecular flexibility index (Phi) is 13.9. The molecule has 0 heterocycles. The van der Waals surface area contributed by atoms with Crippen molar-refractivity contribution in [1.82, 2.24) is 0 Å². The summed E-state index contributed by atoms with van der Waals surface area (Å²) in [5, 5.41) is 0. The second-order valence-electron chi connectivity index (χ2n) is 10.3. The average molecular weight is 659 g/mol. The maximum Gasteiger partial charge on any atom is 0.389 e. The Morgan fingerprint density at radius 2 is 1.38 bits per heavy atom. The molecule has 0 bridgehead atoms. The van der Waals surface area contributed by atoms with Gasteiger partial charge in [0.1, 0.15) is 5.75 Å². The second kappa shape index (κ2) is 18.1. The summed E-state index contributed by atoms with van der Waals surface area (Å²) in [4.78, 5) is 36.7. The largest absolute Gasteiger partial charge is 0.493 e. The lowest BCUT2D eigenvalue weighted by Gasteiger charge is -2.12. The number of carbonyl (C=O) groups excluding carboxylic acids is 3. The topological polar surface area (TPSA) is 149 Å². The minimum atomic E-state index is -4.26. The van der Waals surface area contributed by atoms with Crippen molar-refractivity contribution in [3.8, 4) is 17.2 Å². The van der Waals surface area contributed by atoms with Gasteiger partial charge in [-0.2, -0.15) is 13.2 Å². The molecule has 3 aromatic carbocycles. The van der Waals surface area contributed by atoms with Crippen LogP contribution in [0, 0.1) is 0 Å². The zero-order chi connectivity index (χ0) is 34.2. The van der Waals surface area contributed by atoms with Gasteiger partial charge in [-0.25, -0.2) is 14.4 Å². The zero-order valence-corrected chi connectivity index (χ0v) is 25.8. The highest BCUT2D eigenvalue weighted by Gasteiger charge is 2.26. The van der Waals surface area contributed by atoms with Crippen LogP contribution in [0.1, 0.15) is 64.8 Å². The van der Waals surface area contributed by atoms with Gasteiger partial charge < -0.3 is 35.2 Å². The van der Waals surface area contributed by atoms with E-state index in [0.29, 0.717) is 35.3 Å². The molecule has 4 N–H and O–H groups in total. The molecule has 0 aliphatic carbocycles. The monoisotopic (exact) mass is 658 g/mol. The first-order valence-electron chi connectivity index (χ1n) is 14.8. The van der Waals surface area contributed by atoms with E-state index in [1.54, 1.807) is 36.4 Å². The first-order chi connectivity index (χ1) is 22.4. The van der Waals surface area contributed by atoms with Crippen LogP contribution < -0.4 is 25.7 Å². The quantitative estimate of drug-likeness (QED) is 0.0523. The number of hydrogen-bond acceptors (Lipinski definition) is 10. The van der Waals surface area contributed by atoms with E-state index < -0.39 is 30.5 Å². The molecule has 0 amide bonds. The van der Waals surface area contributed by atoms with E-state index in [1.165, 1.54) is 43.5 Å². The number of esters is 3. The SMILES string of the molecule is COc1cc(C(=O)Oc2ccc(/C=C/C(=O)OCCCCCCOC(=O)c3cc(N)cc(N)c3)cc2)ccc1OCCCC(F)(F)F. The Hall–Kier alpha value is -5.20. The van der Waals surface area contributed by atoms with Crippen LogP contribution in [-0.2, 0) is 14.3 Å². The number of alkyl halides is 3. The molecule has 10 nitrogen and oxygen atoms in total. The van der Waals surface area contributed by atoms with Gasteiger partial charge in [-0.15, -0.1) is 0 Å². The molecule has 0 fully saturated rings. The average Bonchev–Trinajstić information content (AvgIpc) is 3.03. The molecule has 0 aliphatic heterocycles. The molecule has 0 spiro atoms. The molecule has 3 aromatic rings. The molecule has 0 unspecified atom stereocenters. The third kappa shape index (κ3) is 13.4. The molecular formula is C34H37F3N2O8. The summed E-state index contributed by atoms with van der Waals surface area (Å²) in [5.74, 6) is -1.02. The number of nitrogens with two attached hydrogens (primary N) is 2. The highest BCUT2D eigenvalue weighted by Crippen LogP contribution is 2.30. The van der Waals surface area contributed by atoms with Gasteiger partial charge in [0, 0.05) is 23.9 Å². The number of methoxy groups -OCH3 is 1. The molecule has 3 rings (SSSR count). The van der Waals surface area contributed by atoms with E-state index in [9.17, 15) is 27.6 Å². The van der Waals surface area contributed by atoms with E-state index in [1.807, 2.05) is 0 Å². The fraction of sp³-hybridized carbons (Fsp3) is 0.324. The van der Waals surface area contributed by atoms with Gasteiger partial charge in [0.25, 0.3) is 0 Å². The number of ether oxygens (including phenoxy) is 5. The summed E-state index contributed by atoms with van der Waals surface area (Å²) >= 11 is 0. The Labute approximate surface area is 270 Å². The summed E-state index contributed by atoms with van der Waals surface area (Å²) < 4.78 is 63.4. The molecular weight excluding hydrogens is 621 g/mol. The minimum absolute atomic E-state index is 0.152. The van der Waals surface area contributed by atoms with Gasteiger partial charge in [-0.3, -0.25) is 0 Å². The van der Waals surface area contributed by atoms with Crippen LogP contribution >= 0.6 is 0 Å². The van der Waals surface area contributed by atoms with Crippen molar-refractivity contribution in [2.45, 2.75) is 44.7 Å². The summed E-state index contributed by atoms with van der Waals surface area (Å²) in [6.07, 6.45) is 0.315. The van der Waals surface area contributed by atoms with Gasteiger partial charge in [-0.05, 0) is 92.3 Å². The Morgan fingerprint density at radius 1 is 0.723 bits per heavy atom. The molecule has 0 atom stereocenters. The van der Waals surface area contributed by atoms with E-state index in [4.69, 9.17) is 35.2 Å². The molecule has 0 radical (unpaired) electrons. The molecule has 0 saturated carbocycles. The number of carbonyl (C=O) groups is 3. The van der Waals surface area contributed by atoms with Crippen LogP contribution in [-0.4, -0.2) is 51.0 Å². The fourth-order valence-corrected chi connectivity index (χ4v) is 4.17. The second-order valence-corrected chi connectivity index (χ2v) is 10.3. The maximum absolute atomic E-state index is 12.6. The van der Waals surface area contributed by atoms with Gasteiger partial charge in [0.05, 0.1) is 38.1 Å². The van der Waals surface area contributed by atoms with Crippen LogP contribution in [0.15, 0.2) is 66.7 Å². The van der Waals surface area contributed by atoms with E-state index in [-0.39, 0.29) is 49.1 Å². The van der Waals surface area contributed by atoms with Gasteiger partial charge >= 0.3 is 24.1 Å². The zero-order valence-electron chi connectivity index (χ0n) is 25.8. The molecule has 47 heavy (non-hydrogen) atoms. The third-order valence-electron chi connectivity index (χ3n) is 6.49. The van der Waals surface area contributed by atoms with E-state index in [0.717, 1.165) is 12.8 Å². The first kappa shape index (κ1) is 36.3. The fourth-order valence-electron chi connectivity index (χ4n) is 4.17. The van der Waals surface area contributed by atoms with Crippen LogP contribution in [0.4, 0.5) is 24.5 Å². The predicted octanol–water partition coefficient (Wildman–Crippen LogP) is 6.77. The Bertz CT molecular complexity index is 1500. The number of anilines is 2. The number of rotatable bonds is 17. The van der Waals surface area contributed by atoms with Crippen LogP contribution in [0.3, 0.4) is 0 Å². The molecule has 0 aromatic heterocycles. The standard InChI is InChI=1S/C34H37F3N2O8/c1-43-30-21-24(10-13-29(30)44-18-6-15-34(35,36)37)33(42)47-28-11-7-23(8-12-28)9-14-31(40)45-16-4-2-3-5-17-46-32(41)25-19-26(38)22-27(39)20-25/h7-14,19-22H,2-6,15-18,38-39H2,1H3/b14-9+. The van der Waals surface area contributed by atoms with Gasteiger partial charge in [0.15, 0.2) is 11.5 Å². The molecule has 0 saturated heterocycles. The highest BCUT2D eigenvalue weighted by molar-refractivity contribution is 5.92. The highest BCUT2D eigenvalue weighted by atomic mass is 19.4. The van der Waals surface area contributed by atoms with Crippen LogP contribution in [0.5, 0.6) is 17.2 Å². The van der Waals surface area contributed by atoms with E-state index >= 15 is 0 Å². The van der Waals surface area contributed by atoms with Gasteiger partial charge in [0.2, 0.25) is 0 Å². The van der Waals surface area contributed by atoms with Gasteiger partial charge in [-0.1, -0.05) is 12.1 Å². The number of halogens is 3. The van der Waals surface area contributed by atoms with Crippen molar-refractivity contribution in [2.24, 2.45) is 0 Å². The first-order valence-corrected chi connectivity index (χ1v) is 14.8. The van der Waals surface area contributed by atoms with Crippen molar-refractivity contribution in [2.75, 3.05) is 38.4 Å². The third-order valence-corrected chi connectivity index (χ3v) is 6.49. The lowest BCUT2D eigenvalue weighted by Crippen LogP contribution is -2.11. The van der Waals surface area contributed by atoms with Crippen LogP contribution in [0.25, 0.3) is 6.08 Å². The lowest BCUT2D eigenvalue weighted by atomic mass is 10.2. The molecule has 13 heteroatoms. The smallest absolute Gasteiger partial charge is 0.389 e. The lowest BCUT2D eigenvalue weighted by molar-refractivity contribution is -0.138. The molecule has 252 valence electrons. The maximum atomic E-state index is 12.6. The number of nitrogen functional groups attached to an aromatic ring is 2. The summed E-state index contributed by atoms with van der Waals surface area (Å²) in [5.41, 5.74) is 13.3. The summed E-state index contributed by atoms with van der Waals surface area (Å²) in [6.45, 7) is 0.338. The normalized spacial score (nSPS) is 11.2. The van der Waals surface area contributed by atoms with Crippen molar-refractivity contribution < 1.29 is 51.2 Å². The summed E-state index contributed by atoms with van der Waals surface area (Å²) in [7, 11) is 1.35. The minimum Gasteiger partial charge on any atom is -0.493 e. The number of benzene rings is 3. The number of hydrogen-bond donors (Lipinski definition) is 2. The van der Waals surface area contributed by atoms with Crippen LogP contribution in [0.2, 0.25) is 0 Å². The van der Waals surface area contributed by atoms with Crippen molar-refractivity contribution in [3.05, 3.63) is 83.4 Å². The van der Waals surface area contributed by atoms with Crippen molar-refractivity contribution >= 4 is 35.4 Å². The Morgan fingerprint density at radius 3 is 2.02 bits per heavy atom. The Balaban J connectivity index is 1.33. The number of unbranched alkanes of at least 4 members (excludes halogenated alkanes) is 3. The van der Waals surface area contributed by atoms with Crippen molar-refractivity contribution in [3.63, 3.8) is 0 Å². The predicted molar refractivity (Wildman–Crippen MR) is 169 cm³/mol.